The Morgan fingerprint density at radius 2 is 1.78 bits per heavy atom. The van der Waals surface area contributed by atoms with Crippen molar-refractivity contribution < 1.29 is 19.0 Å². The molecule has 2 aromatic carbocycles. The highest BCUT2D eigenvalue weighted by molar-refractivity contribution is 6.30. The summed E-state index contributed by atoms with van der Waals surface area (Å²) in [6.45, 7) is 0. The number of ether oxygens (including phenoxy) is 3. The molecule has 8 heteroatoms. The third-order valence-corrected chi connectivity index (χ3v) is 4.65. The monoisotopic (exact) mass is 389 g/mol. The van der Waals surface area contributed by atoms with Gasteiger partial charge in [-0.3, -0.25) is 10.1 Å². The number of benzene rings is 2. The zero-order valence-corrected chi connectivity index (χ0v) is 16.0. The fourth-order valence-electron chi connectivity index (χ4n) is 3.20. The Hall–Kier alpha value is -2.93. The van der Waals surface area contributed by atoms with Gasteiger partial charge in [-0.1, -0.05) is 23.7 Å². The van der Waals surface area contributed by atoms with Crippen molar-refractivity contribution in [3.8, 4) is 17.2 Å². The van der Waals surface area contributed by atoms with E-state index in [1.807, 2.05) is 0 Å². The standard InChI is InChI=1S/C19H20ClN3O4/c1-25-14-7-11(8-15(26-2)16(14)27-3)10-19(17(24)22-18(21)23-19)12-5-4-6-13(20)9-12/h4-9H,10H2,1-3H3,(H3,21,22,23,24)/t19-/m0/s1. The van der Waals surface area contributed by atoms with Gasteiger partial charge in [0, 0.05) is 11.4 Å². The van der Waals surface area contributed by atoms with Crippen LogP contribution in [0.15, 0.2) is 41.4 Å². The molecule has 0 bridgehead atoms. The predicted molar refractivity (Wildman–Crippen MR) is 103 cm³/mol. The van der Waals surface area contributed by atoms with Gasteiger partial charge in [-0.25, -0.2) is 4.99 Å². The van der Waals surface area contributed by atoms with Crippen LogP contribution in [0.1, 0.15) is 11.1 Å². The summed E-state index contributed by atoms with van der Waals surface area (Å²) < 4.78 is 16.2. The van der Waals surface area contributed by atoms with Crippen molar-refractivity contribution in [1.82, 2.24) is 5.32 Å². The van der Waals surface area contributed by atoms with Crippen molar-refractivity contribution in [1.29, 1.82) is 0 Å². The lowest BCUT2D eigenvalue weighted by Crippen LogP contribution is -2.40. The van der Waals surface area contributed by atoms with Crippen molar-refractivity contribution in [2.75, 3.05) is 21.3 Å². The number of carbonyl (C=O) groups excluding carboxylic acids is 1. The Morgan fingerprint density at radius 1 is 1.11 bits per heavy atom. The number of hydrogen-bond donors (Lipinski definition) is 2. The maximum absolute atomic E-state index is 12.8. The fourth-order valence-corrected chi connectivity index (χ4v) is 3.39. The summed E-state index contributed by atoms with van der Waals surface area (Å²) in [5, 5.41) is 3.09. The molecule has 0 spiro atoms. The van der Waals surface area contributed by atoms with Crippen LogP contribution in [0, 0.1) is 0 Å². The summed E-state index contributed by atoms with van der Waals surface area (Å²) in [4.78, 5) is 17.2. The average Bonchev–Trinajstić information content (AvgIpc) is 2.94. The minimum absolute atomic E-state index is 0.0624. The van der Waals surface area contributed by atoms with Gasteiger partial charge in [0.1, 0.15) is 0 Å². The highest BCUT2D eigenvalue weighted by Gasteiger charge is 2.45. The predicted octanol–water partition coefficient (Wildman–Crippen LogP) is 2.25. The summed E-state index contributed by atoms with van der Waals surface area (Å²) in [5.74, 6) is 1.19. The van der Waals surface area contributed by atoms with Gasteiger partial charge < -0.3 is 19.9 Å². The lowest BCUT2D eigenvalue weighted by Gasteiger charge is -2.25. The highest BCUT2D eigenvalue weighted by atomic mass is 35.5. The Labute approximate surface area is 162 Å². The van der Waals surface area contributed by atoms with Crippen LogP contribution in [0.4, 0.5) is 0 Å². The van der Waals surface area contributed by atoms with E-state index in [2.05, 4.69) is 10.3 Å². The van der Waals surface area contributed by atoms with Crippen LogP contribution in [-0.2, 0) is 16.8 Å². The molecule has 1 heterocycles. The molecule has 27 heavy (non-hydrogen) atoms. The topological polar surface area (TPSA) is 95.2 Å². The summed E-state index contributed by atoms with van der Waals surface area (Å²) in [7, 11) is 4.60. The number of carbonyl (C=O) groups is 1. The molecule has 3 N–H and O–H groups in total. The molecule has 0 aliphatic carbocycles. The van der Waals surface area contributed by atoms with Crippen LogP contribution in [-0.4, -0.2) is 33.2 Å². The van der Waals surface area contributed by atoms with Crippen LogP contribution >= 0.6 is 11.6 Å². The normalized spacial score (nSPS) is 18.7. The van der Waals surface area contributed by atoms with E-state index in [1.165, 1.54) is 21.3 Å². The number of nitrogens with two attached hydrogens (primary N) is 1. The molecule has 2 aromatic rings. The first kappa shape index (κ1) is 18.8. The van der Waals surface area contributed by atoms with Gasteiger partial charge in [0.25, 0.3) is 5.91 Å². The first-order valence-corrected chi connectivity index (χ1v) is 8.53. The van der Waals surface area contributed by atoms with Crippen LogP contribution in [0.2, 0.25) is 5.02 Å². The highest BCUT2D eigenvalue weighted by Crippen LogP contribution is 2.41. The first-order valence-electron chi connectivity index (χ1n) is 8.15. The molecule has 0 saturated heterocycles. The van der Waals surface area contributed by atoms with Crippen molar-refractivity contribution in [2.24, 2.45) is 10.7 Å². The minimum Gasteiger partial charge on any atom is -0.493 e. The second-order valence-corrected chi connectivity index (χ2v) is 6.47. The zero-order chi connectivity index (χ0) is 19.6. The smallest absolute Gasteiger partial charge is 0.259 e. The van der Waals surface area contributed by atoms with E-state index < -0.39 is 5.54 Å². The molecule has 1 aliphatic heterocycles. The maximum atomic E-state index is 12.8. The van der Waals surface area contributed by atoms with Gasteiger partial charge in [0.05, 0.1) is 21.3 Å². The molecule has 1 atom stereocenters. The Bertz CT molecular complexity index is 891. The van der Waals surface area contributed by atoms with E-state index in [-0.39, 0.29) is 18.3 Å². The molecule has 7 nitrogen and oxygen atoms in total. The van der Waals surface area contributed by atoms with Crippen LogP contribution < -0.4 is 25.3 Å². The largest absolute Gasteiger partial charge is 0.493 e. The van der Waals surface area contributed by atoms with Gasteiger partial charge in [0.2, 0.25) is 5.75 Å². The number of guanidine groups is 1. The lowest BCUT2D eigenvalue weighted by atomic mass is 9.84. The number of rotatable bonds is 6. The van der Waals surface area contributed by atoms with Crippen molar-refractivity contribution in [3.05, 3.63) is 52.5 Å². The second-order valence-electron chi connectivity index (χ2n) is 6.03. The maximum Gasteiger partial charge on any atom is 0.259 e. The number of aliphatic imine (C=N–C) groups is 1. The van der Waals surface area contributed by atoms with Gasteiger partial charge >= 0.3 is 0 Å². The molecule has 0 unspecified atom stereocenters. The fraction of sp³-hybridized carbons (Fsp3) is 0.263. The Balaban J connectivity index is 2.13. The summed E-state index contributed by atoms with van der Waals surface area (Å²) in [5.41, 5.74) is 5.97. The van der Waals surface area contributed by atoms with Gasteiger partial charge in [0.15, 0.2) is 23.0 Å². The van der Waals surface area contributed by atoms with Gasteiger partial charge in [-0.2, -0.15) is 0 Å². The first-order chi connectivity index (χ1) is 12.9. The van der Waals surface area contributed by atoms with Gasteiger partial charge in [-0.15, -0.1) is 0 Å². The van der Waals surface area contributed by atoms with Gasteiger partial charge in [-0.05, 0) is 35.4 Å². The van der Waals surface area contributed by atoms with E-state index in [0.29, 0.717) is 27.8 Å². The quantitative estimate of drug-likeness (QED) is 0.790. The van der Waals surface area contributed by atoms with Crippen molar-refractivity contribution >= 4 is 23.5 Å². The molecule has 0 fully saturated rings. The molecule has 0 radical (unpaired) electrons. The Kier molecular flexibility index (Phi) is 5.14. The van der Waals surface area contributed by atoms with Crippen LogP contribution in [0.25, 0.3) is 0 Å². The van der Waals surface area contributed by atoms with E-state index in [1.54, 1.807) is 36.4 Å². The molecule has 142 valence electrons. The average molecular weight is 390 g/mol. The number of halogens is 1. The third kappa shape index (κ3) is 3.38. The molecular weight excluding hydrogens is 370 g/mol. The third-order valence-electron chi connectivity index (χ3n) is 4.42. The molecule has 3 rings (SSSR count). The van der Waals surface area contributed by atoms with Crippen molar-refractivity contribution in [3.63, 3.8) is 0 Å². The molecule has 0 saturated carbocycles. The minimum atomic E-state index is -1.24. The molecular formula is C19H20ClN3O4. The zero-order valence-electron chi connectivity index (χ0n) is 15.2. The number of hydrogen-bond acceptors (Lipinski definition) is 6. The number of nitrogens with zero attached hydrogens (tertiary/aromatic N) is 1. The molecule has 0 aromatic heterocycles. The van der Waals surface area contributed by atoms with Crippen LogP contribution in [0.5, 0.6) is 17.2 Å². The van der Waals surface area contributed by atoms with Crippen LogP contribution in [0.3, 0.4) is 0 Å². The molecule has 1 amide bonds. The van der Waals surface area contributed by atoms with E-state index in [4.69, 9.17) is 31.5 Å². The number of nitrogens with one attached hydrogen (secondary N) is 1. The van der Waals surface area contributed by atoms with E-state index in [9.17, 15) is 4.79 Å². The van der Waals surface area contributed by atoms with E-state index >= 15 is 0 Å². The number of amides is 1. The summed E-state index contributed by atoms with van der Waals surface area (Å²) in [6, 6.07) is 10.6. The second kappa shape index (κ2) is 7.36. The Morgan fingerprint density at radius 3 is 2.26 bits per heavy atom. The summed E-state index contributed by atoms with van der Waals surface area (Å²) >= 11 is 6.14. The SMILES string of the molecule is COc1cc(C[C@@]2(c3cccc(Cl)c3)N=C(N)NC2=O)cc(OC)c1OC. The molecule has 1 aliphatic rings. The summed E-state index contributed by atoms with van der Waals surface area (Å²) in [6.07, 6.45) is 0.233. The van der Waals surface area contributed by atoms with E-state index in [0.717, 1.165) is 5.56 Å². The van der Waals surface area contributed by atoms with Crippen molar-refractivity contribution in [2.45, 2.75) is 12.0 Å². The lowest BCUT2D eigenvalue weighted by molar-refractivity contribution is -0.124. The number of methoxy groups -OCH3 is 3.